The van der Waals surface area contributed by atoms with Gasteiger partial charge in [-0.25, -0.2) is 12.8 Å². The Morgan fingerprint density at radius 3 is 2.30 bits per heavy atom. The van der Waals surface area contributed by atoms with E-state index in [0.29, 0.717) is 0 Å². The molecule has 0 atom stereocenters. The van der Waals surface area contributed by atoms with E-state index in [2.05, 4.69) is 0 Å². The molecule has 0 unspecified atom stereocenters. The number of sulfone groups is 1. The van der Waals surface area contributed by atoms with E-state index in [1.165, 1.54) is 12.1 Å². The maximum Gasteiger partial charge on any atom is 0.158 e. The van der Waals surface area contributed by atoms with Crippen molar-refractivity contribution in [2.75, 3.05) is 5.75 Å². The standard InChI is InChI=1S/C16H15FO2S/c17-16-11-5-4-10-15(16)13-20(18,19)12-6-9-14-7-2-1-3-8-14/h1-11H,12-13H2/b9-6-. The lowest BCUT2D eigenvalue weighted by Gasteiger charge is -2.03. The van der Waals surface area contributed by atoms with Crippen molar-refractivity contribution in [1.29, 1.82) is 0 Å². The van der Waals surface area contributed by atoms with E-state index in [0.717, 1.165) is 5.56 Å². The van der Waals surface area contributed by atoms with Crippen molar-refractivity contribution in [3.05, 3.63) is 77.6 Å². The Morgan fingerprint density at radius 2 is 1.60 bits per heavy atom. The van der Waals surface area contributed by atoms with Crippen LogP contribution in [0.4, 0.5) is 4.39 Å². The fourth-order valence-corrected chi connectivity index (χ4v) is 3.02. The average molecular weight is 290 g/mol. The minimum absolute atomic E-state index is 0.101. The van der Waals surface area contributed by atoms with Crippen LogP contribution in [-0.2, 0) is 15.6 Å². The van der Waals surface area contributed by atoms with Crippen molar-refractivity contribution in [2.24, 2.45) is 0 Å². The fraction of sp³-hybridized carbons (Fsp3) is 0.125. The molecule has 0 fully saturated rings. The monoisotopic (exact) mass is 290 g/mol. The second kappa shape index (κ2) is 6.48. The van der Waals surface area contributed by atoms with Gasteiger partial charge in [-0.2, -0.15) is 0 Å². The second-order valence-electron chi connectivity index (χ2n) is 4.46. The summed E-state index contributed by atoms with van der Waals surface area (Å²) in [5.41, 5.74) is 1.15. The van der Waals surface area contributed by atoms with Gasteiger partial charge in [0.15, 0.2) is 9.84 Å². The van der Waals surface area contributed by atoms with Gasteiger partial charge in [0.1, 0.15) is 5.82 Å². The largest absolute Gasteiger partial charge is 0.228 e. The van der Waals surface area contributed by atoms with E-state index in [9.17, 15) is 12.8 Å². The van der Waals surface area contributed by atoms with Crippen LogP contribution < -0.4 is 0 Å². The second-order valence-corrected chi connectivity index (χ2v) is 6.57. The fourth-order valence-electron chi connectivity index (χ4n) is 1.81. The molecular weight excluding hydrogens is 275 g/mol. The zero-order valence-corrected chi connectivity index (χ0v) is 11.7. The van der Waals surface area contributed by atoms with Crippen molar-refractivity contribution in [3.8, 4) is 0 Å². The third-order valence-corrected chi connectivity index (χ3v) is 4.24. The normalized spacial score (nSPS) is 11.8. The zero-order chi connectivity index (χ0) is 14.4. The summed E-state index contributed by atoms with van der Waals surface area (Å²) < 4.78 is 37.3. The third kappa shape index (κ3) is 4.31. The number of hydrogen-bond donors (Lipinski definition) is 0. The number of hydrogen-bond acceptors (Lipinski definition) is 2. The molecule has 4 heteroatoms. The Balaban J connectivity index is 2.02. The van der Waals surface area contributed by atoms with Gasteiger partial charge in [-0.15, -0.1) is 0 Å². The Labute approximate surface area is 118 Å². The zero-order valence-electron chi connectivity index (χ0n) is 10.9. The summed E-state index contributed by atoms with van der Waals surface area (Å²) in [4.78, 5) is 0. The lowest BCUT2D eigenvalue weighted by molar-refractivity contribution is 0.589. The van der Waals surface area contributed by atoms with Crippen LogP contribution in [0.15, 0.2) is 60.7 Å². The van der Waals surface area contributed by atoms with E-state index in [1.54, 1.807) is 24.3 Å². The highest BCUT2D eigenvalue weighted by atomic mass is 32.2. The first-order chi connectivity index (χ1) is 9.57. The molecule has 0 aliphatic heterocycles. The van der Waals surface area contributed by atoms with Crippen LogP contribution in [0.5, 0.6) is 0 Å². The van der Waals surface area contributed by atoms with E-state index in [1.807, 2.05) is 30.3 Å². The minimum Gasteiger partial charge on any atom is -0.228 e. The van der Waals surface area contributed by atoms with Crippen LogP contribution in [0.25, 0.3) is 6.08 Å². The molecule has 0 amide bonds. The quantitative estimate of drug-likeness (QED) is 0.845. The number of benzene rings is 2. The van der Waals surface area contributed by atoms with E-state index in [-0.39, 0.29) is 17.1 Å². The molecule has 20 heavy (non-hydrogen) atoms. The Morgan fingerprint density at radius 1 is 0.950 bits per heavy atom. The van der Waals surface area contributed by atoms with Gasteiger partial charge in [-0.1, -0.05) is 60.7 Å². The van der Waals surface area contributed by atoms with Gasteiger partial charge in [0.05, 0.1) is 11.5 Å². The first-order valence-corrected chi connectivity index (χ1v) is 8.04. The molecule has 2 aromatic carbocycles. The first-order valence-electron chi connectivity index (χ1n) is 6.22. The summed E-state index contributed by atoms with van der Waals surface area (Å²) in [5, 5.41) is 0. The minimum atomic E-state index is -3.35. The lowest BCUT2D eigenvalue weighted by atomic mass is 10.2. The van der Waals surface area contributed by atoms with Crippen LogP contribution >= 0.6 is 0 Å². The molecule has 0 aliphatic rings. The molecule has 0 N–H and O–H groups in total. The highest BCUT2D eigenvalue weighted by Crippen LogP contribution is 2.12. The predicted molar refractivity (Wildman–Crippen MR) is 79.4 cm³/mol. The van der Waals surface area contributed by atoms with Crippen LogP contribution in [0.1, 0.15) is 11.1 Å². The van der Waals surface area contributed by atoms with E-state index >= 15 is 0 Å². The highest BCUT2D eigenvalue weighted by Gasteiger charge is 2.12. The van der Waals surface area contributed by atoms with Gasteiger partial charge in [-0.3, -0.25) is 0 Å². The number of rotatable bonds is 5. The predicted octanol–water partition coefficient (Wildman–Crippen LogP) is 3.45. The van der Waals surface area contributed by atoms with E-state index < -0.39 is 15.7 Å². The maximum atomic E-state index is 13.4. The van der Waals surface area contributed by atoms with Gasteiger partial charge < -0.3 is 0 Å². The molecule has 0 radical (unpaired) electrons. The van der Waals surface area contributed by atoms with Crippen LogP contribution in [0.3, 0.4) is 0 Å². The van der Waals surface area contributed by atoms with Crippen LogP contribution in [-0.4, -0.2) is 14.2 Å². The Kier molecular flexibility index (Phi) is 4.69. The molecule has 0 saturated carbocycles. The number of halogens is 1. The molecule has 0 heterocycles. The van der Waals surface area contributed by atoms with E-state index in [4.69, 9.17) is 0 Å². The summed E-state index contributed by atoms with van der Waals surface area (Å²) in [7, 11) is -3.35. The molecule has 0 aromatic heterocycles. The SMILES string of the molecule is O=S(=O)(C/C=C\c1ccccc1)Cc1ccccc1F. The van der Waals surface area contributed by atoms with Gasteiger partial charge in [-0.05, 0) is 11.6 Å². The topological polar surface area (TPSA) is 34.1 Å². The molecule has 0 aliphatic carbocycles. The summed E-state index contributed by atoms with van der Waals surface area (Å²) >= 11 is 0. The summed E-state index contributed by atoms with van der Waals surface area (Å²) in [6, 6.07) is 15.4. The van der Waals surface area contributed by atoms with Crippen molar-refractivity contribution >= 4 is 15.9 Å². The van der Waals surface area contributed by atoms with Crippen molar-refractivity contribution in [3.63, 3.8) is 0 Å². The average Bonchev–Trinajstić information content (AvgIpc) is 2.42. The van der Waals surface area contributed by atoms with Gasteiger partial charge in [0.25, 0.3) is 0 Å². The molecule has 0 spiro atoms. The summed E-state index contributed by atoms with van der Waals surface area (Å²) in [5.74, 6) is -0.863. The smallest absolute Gasteiger partial charge is 0.158 e. The summed E-state index contributed by atoms with van der Waals surface area (Å²) in [6.07, 6.45) is 3.34. The third-order valence-electron chi connectivity index (χ3n) is 2.79. The van der Waals surface area contributed by atoms with Crippen LogP contribution in [0.2, 0.25) is 0 Å². The van der Waals surface area contributed by atoms with Gasteiger partial charge in [0.2, 0.25) is 0 Å². The first kappa shape index (κ1) is 14.5. The van der Waals surface area contributed by atoms with Crippen molar-refractivity contribution in [2.45, 2.75) is 5.75 Å². The molecular formula is C16H15FO2S. The van der Waals surface area contributed by atoms with Crippen molar-refractivity contribution < 1.29 is 12.8 Å². The molecule has 2 aromatic rings. The van der Waals surface area contributed by atoms with Gasteiger partial charge in [0, 0.05) is 5.56 Å². The molecule has 0 saturated heterocycles. The Bertz CT molecular complexity index is 691. The molecule has 2 rings (SSSR count). The molecule has 0 bridgehead atoms. The highest BCUT2D eigenvalue weighted by molar-refractivity contribution is 7.90. The maximum absolute atomic E-state index is 13.4. The lowest BCUT2D eigenvalue weighted by Crippen LogP contribution is -2.08. The van der Waals surface area contributed by atoms with Crippen molar-refractivity contribution in [1.82, 2.24) is 0 Å². The van der Waals surface area contributed by atoms with Gasteiger partial charge >= 0.3 is 0 Å². The Hall–Kier alpha value is -1.94. The van der Waals surface area contributed by atoms with Crippen LogP contribution in [0, 0.1) is 5.82 Å². The molecule has 104 valence electrons. The molecule has 2 nitrogen and oxygen atoms in total. The summed E-state index contributed by atoms with van der Waals surface area (Å²) in [6.45, 7) is 0.